The molecule has 0 bridgehead atoms. The molecule has 1 aliphatic carbocycles. The highest BCUT2D eigenvalue weighted by Crippen LogP contribution is 2.27. The number of para-hydroxylation sites is 1. The predicted molar refractivity (Wildman–Crippen MR) is 86.1 cm³/mol. The maximum atomic E-state index is 12.0. The number of aryl methyl sites for hydroxylation is 1. The number of nitrogens with two attached hydrogens (primary N) is 1. The standard InChI is InChI=1S/C16H24N2O.ClH/c1-16(11-5-2-6-12-16)18-15(19)10-9-13-7-3-4-8-14(13)17;/h3-4,7-8H,2,5-6,9-12,17H2,1H3,(H,18,19);1H. The number of carbonyl (C=O) groups excluding carboxylic acids is 1. The number of nitrogen functional groups attached to an aromatic ring is 1. The summed E-state index contributed by atoms with van der Waals surface area (Å²) in [5, 5.41) is 3.21. The van der Waals surface area contributed by atoms with Crippen LogP contribution in [0.4, 0.5) is 5.69 Å². The third kappa shape index (κ3) is 4.71. The van der Waals surface area contributed by atoms with Gasteiger partial charge in [-0.25, -0.2) is 0 Å². The smallest absolute Gasteiger partial charge is 0.220 e. The van der Waals surface area contributed by atoms with Gasteiger partial charge in [0.1, 0.15) is 0 Å². The van der Waals surface area contributed by atoms with Crippen LogP contribution in [-0.4, -0.2) is 11.4 Å². The highest BCUT2D eigenvalue weighted by molar-refractivity contribution is 5.85. The number of benzene rings is 1. The fraction of sp³-hybridized carbons (Fsp3) is 0.562. The van der Waals surface area contributed by atoms with Gasteiger partial charge in [0.15, 0.2) is 0 Å². The Morgan fingerprint density at radius 1 is 1.25 bits per heavy atom. The van der Waals surface area contributed by atoms with Crippen LogP contribution < -0.4 is 11.1 Å². The normalized spacial score (nSPS) is 17.1. The molecule has 1 aromatic carbocycles. The quantitative estimate of drug-likeness (QED) is 0.836. The van der Waals surface area contributed by atoms with E-state index in [1.54, 1.807) is 0 Å². The van der Waals surface area contributed by atoms with E-state index in [2.05, 4.69) is 12.2 Å². The molecule has 0 unspecified atom stereocenters. The Balaban J connectivity index is 0.00000200. The Labute approximate surface area is 127 Å². The van der Waals surface area contributed by atoms with Crippen LogP contribution in [0, 0.1) is 0 Å². The first kappa shape index (κ1) is 16.8. The average molecular weight is 297 g/mol. The van der Waals surface area contributed by atoms with Crippen LogP contribution in [0.2, 0.25) is 0 Å². The van der Waals surface area contributed by atoms with Gasteiger partial charge in [0.25, 0.3) is 0 Å². The lowest BCUT2D eigenvalue weighted by Gasteiger charge is -2.34. The van der Waals surface area contributed by atoms with E-state index >= 15 is 0 Å². The molecule has 1 fully saturated rings. The molecular weight excluding hydrogens is 272 g/mol. The molecule has 0 aromatic heterocycles. The van der Waals surface area contributed by atoms with Crippen molar-refractivity contribution in [3.05, 3.63) is 29.8 Å². The third-order valence-electron chi connectivity index (χ3n) is 4.07. The van der Waals surface area contributed by atoms with Crippen molar-refractivity contribution in [2.75, 3.05) is 5.73 Å². The molecule has 0 atom stereocenters. The summed E-state index contributed by atoms with van der Waals surface area (Å²) in [5.74, 6) is 0.146. The van der Waals surface area contributed by atoms with Crippen molar-refractivity contribution >= 4 is 24.0 Å². The largest absolute Gasteiger partial charge is 0.399 e. The highest BCUT2D eigenvalue weighted by Gasteiger charge is 2.27. The zero-order chi connectivity index (χ0) is 13.7. The van der Waals surface area contributed by atoms with E-state index in [1.807, 2.05) is 24.3 Å². The molecule has 0 spiro atoms. The summed E-state index contributed by atoms with van der Waals surface area (Å²) in [4.78, 5) is 12.0. The Hall–Kier alpha value is -1.22. The van der Waals surface area contributed by atoms with Crippen LogP contribution in [-0.2, 0) is 11.2 Å². The van der Waals surface area contributed by atoms with Gasteiger partial charge in [0.05, 0.1) is 0 Å². The van der Waals surface area contributed by atoms with Crippen LogP contribution in [0.1, 0.15) is 51.0 Å². The Morgan fingerprint density at radius 2 is 1.90 bits per heavy atom. The molecule has 1 aliphatic rings. The molecule has 3 N–H and O–H groups in total. The first-order chi connectivity index (χ1) is 9.09. The number of amides is 1. The fourth-order valence-corrected chi connectivity index (χ4v) is 2.87. The third-order valence-corrected chi connectivity index (χ3v) is 4.07. The van der Waals surface area contributed by atoms with Crippen molar-refractivity contribution in [2.24, 2.45) is 0 Å². The van der Waals surface area contributed by atoms with Crippen LogP contribution >= 0.6 is 12.4 Å². The number of hydrogen-bond acceptors (Lipinski definition) is 2. The maximum Gasteiger partial charge on any atom is 0.220 e. The van der Waals surface area contributed by atoms with Crippen molar-refractivity contribution in [1.29, 1.82) is 0 Å². The minimum absolute atomic E-state index is 0. The lowest BCUT2D eigenvalue weighted by atomic mass is 9.83. The predicted octanol–water partition coefficient (Wildman–Crippen LogP) is 3.46. The second-order valence-electron chi connectivity index (χ2n) is 5.87. The van der Waals surface area contributed by atoms with E-state index < -0.39 is 0 Å². The summed E-state index contributed by atoms with van der Waals surface area (Å²) < 4.78 is 0. The summed E-state index contributed by atoms with van der Waals surface area (Å²) in [7, 11) is 0. The molecule has 0 saturated heterocycles. The van der Waals surface area contributed by atoms with E-state index in [0.29, 0.717) is 12.8 Å². The fourth-order valence-electron chi connectivity index (χ4n) is 2.87. The molecule has 1 aromatic rings. The van der Waals surface area contributed by atoms with Crippen molar-refractivity contribution in [1.82, 2.24) is 5.32 Å². The van der Waals surface area contributed by atoms with Gasteiger partial charge in [0.2, 0.25) is 5.91 Å². The number of hydrogen-bond donors (Lipinski definition) is 2. The van der Waals surface area contributed by atoms with Crippen molar-refractivity contribution in [3.63, 3.8) is 0 Å². The lowest BCUT2D eigenvalue weighted by Crippen LogP contribution is -2.47. The molecule has 2 rings (SSSR count). The molecule has 4 heteroatoms. The minimum Gasteiger partial charge on any atom is -0.399 e. The molecule has 20 heavy (non-hydrogen) atoms. The molecule has 0 aliphatic heterocycles. The molecule has 3 nitrogen and oxygen atoms in total. The summed E-state index contributed by atoms with van der Waals surface area (Å²) in [5.41, 5.74) is 7.74. The molecule has 1 saturated carbocycles. The van der Waals surface area contributed by atoms with Gasteiger partial charge in [0, 0.05) is 17.6 Å². The number of anilines is 1. The Bertz CT molecular complexity index is 442. The second-order valence-corrected chi connectivity index (χ2v) is 5.87. The van der Waals surface area contributed by atoms with Crippen molar-refractivity contribution in [2.45, 2.75) is 57.4 Å². The van der Waals surface area contributed by atoms with Gasteiger partial charge in [-0.1, -0.05) is 37.5 Å². The van der Waals surface area contributed by atoms with Crippen LogP contribution in [0.5, 0.6) is 0 Å². The molecule has 0 heterocycles. The van der Waals surface area contributed by atoms with Crippen LogP contribution in [0.15, 0.2) is 24.3 Å². The summed E-state index contributed by atoms with van der Waals surface area (Å²) in [6, 6.07) is 7.76. The van der Waals surface area contributed by atoms with E-state index in [-0.39, 0.29) is 23.9 Å². The van der Waals surface area contributed by atoms with Crippen LogP contribution in [0.3, 0.4) is 0 Å². The Morgan fingerprint density at radius 3 is 2.55 bits per heavy atom. The maximum absolute atomic E-state index is 12.0. The zero-order valence-corrected chi connectivity index (χ0v) is 13.0. The molecular formula is C16H25ClN2O. The van der Waals surface area contributed by atoms with Crippen molar-refractivity contribution < 1.29 is 4.79 Å². The van der Waals surface area contributed by atoms with E-state index in [9.17, 15) is 4.79 Å². The van der Waals surface area contributed by atoms with E-state index in [1.165, 1.54) is 19.3 Å². The SMILES string of the molecule is CC1(NC(=O)CCc2ccccc2N)CCCCC1.Cl. The first-order valence-corrected chi connectivity index (χ1v) is 7.23. The van der Waals surface area contributed by atoms with Gasteiger partial charge >= 0.3 is 0 Å². The molecule has 112 valence electrons. The number of nitrogens with one attached hydrogen (secondary N) is 1. The van der Waals surface area contributed by atoms with E-state index in [4.69, 9.17) is 5.73 Å². The van der Waals surface area contributed by atoms with Gasteiger partial charge in [-0.3, -0.25) is 4.79 Å². The highest BCUT2D eigenvalue weighted by atomic mass is 35.5. The minimum atomic E-state index is 0. The summed E-state index contributed by atoms with van der Waals surface area (Å²) in [6.07, 6.45) is 7.19. The van der Waals surface area contributed by atoms with Crippen molar-refractivity contribution in [3.8, 4) is 0 Å². The zero-order valence-electron chi connectivity index (χ0n) is 12.2. The van der Waals surface area contributed by atoms with Crippen LogP contribution in [0.25, 0.3) is 0 Å². The second kappa shape index (κ2) is 7.53. The number of carbonyl (C=O) groups is 1. The summed E-state index contributed by atoms with van der Waals surface area (Å²) >= 11 is 0. The summed E-state index contributed by atoms with van der Waals surface area (Å²) in [6.45, 7) is 2.17. The number of rotatable bonds is 4. The first-order valence-electron chi connectivity index (χ1n) is 7.23. The van der Waals surface area contributed by atoms with Gasteiger partial charge in [-0.05, 0) is 37.8 Å². The van der Waals surface area contributed by atoms with Gasteiger partial charge in [-0.15, -0.1) is 12.4 Å². The number of halogens is 1. The average Bonchev–Trinajstić information content (AvgIpc) is 2.38. The monoisotopic (exact) mass is 296 g/mol. The lowest BCUT2D eigenvalue weighted by molar-refractivity contribution is -0.123. The molecule has 0 radical (unpaired) electrons. The Kier molecular flexibility index (Phi) is 6.34. The molecule has 1 amide bonds. The topological polar surface area (TPSA) is 55.1 Å². The van der Waals surface area contributed by atoms with Gasteiger partial charge < -0.3 is 11.1 Å². The van der Waals surface area contributed by atoms with Gasteiger partial charge in [-0.2, -0.15) is 0 Å². The van der Waals surface area contributed by atoms with E-state index in [0.717, 1.165) is 24.1 Å².